The van der Waals surface area contributed by atoms with E-state index < -0.39 is 0 Å². The zero-order valence-corrected chi connectivity index (χ0v) is 15.6. The number of aromatic nitrogens is 3. The molecule has 1 aliphatic heterocycles. The smallest absolute Gasteiger partial charge is 0.228 e. The molecule has 1 amide bonds. The number of anilines is 3. The second kappa shape index (κ2) is 8.31. The summed E-state index contributed by atoms with van der Waals surface area (Å²) in [6.45, 7) is 3.26. The van der Waals surface area contributed by atoms with E-state index in [9.17, 15) is 4.79 Å². The molecule has 0 saturated heterocycles. The Hall–Kier alpha value is -2.41. The maximum absolute atomic E-state index is 12.7. The van der Waals surface area contributed by atoms with E-state index in [1.165, 1.54) is 0 Å². The normalized spacial score (nSPS) is 14.1. The molecule has 2 aromatic rings. The fourth-order valence-electron chi connectivity index (χ4n) is 2.92. The number of nitrogens with zero attached hydrogens (tertiary/aromatic N) is 4. The standard InChI is InChI=1S/C18H23ClN6O/c1-2-3-9-21-18-23-16(20)13-5-4-6-15(26)25(17(13)24-18)11-12-7-8-14(19)22-10-12/h7-8,10H,2-6,9,11H2,1H3,(H3,20,21,23,24). The predicted octanol–water partition coefficient (Wildman–Crippen LogP) is 3.19. The van der Waals surface area contributed by atoms with Crippen molar-refractivity contribution in [2.75, 3.05) is 22.5 Å². The largest absolute Gasteiger partial charge is 0.383 e. The van der Waals surface area contributed by atoms with Gasteiger partial charge in [-0.3, -0.25) is 9.69 Å². The van der Waals surface area contributed by atoms with Crippen LogP contribution in [0.2, 0.25) is 5.15 Å². The van der Waals surface area contributed by atoms with Crippen LogP contribution in [0.25, 0.3) is 0 Å². The van der Waals surface area contributed by atoms with Gasteiger partial charge in [-0.05, 0) is 30.9 Å². The number of pyridine rings is 1. The summed E-state index contributed by atoms with van der Waals surface area (Å²) in [4.78, 5) is 27.4. The maximum atomic E-state index is 12.7. The van der Waals surface area contributed by atoms with Crippen LogP contribution in [0.3, 0.4) is 0 Å². The first kappa shape index (κ1) is 18.4. The summed E-state index contributed by atoms with van der Waals surface area (Å²) < 4.78 is 0. The first-order valence-electron chi connectivity index (χ1n) is 8.89. The zero-order chi connectivity index (χ0) is 18.5. The van der Waals surface area contributed by atoms with Gasteiger partial charge >= 0.3 is 0 Å². The van der Waals surface area contributed by atoms with E-state index in [2.05, 4.69) is 27.2 Å². The summed E-state index contributed by atoms with van der Waals surface area (Å²) >= 11 is 5.86. The number of rotatable bonds is 6. The van der Waals surface area contributed by atoms with E-state index >= 15 is 0 Å². The molecule has 0 spiro atoms. The van der Waals surface area contributed by atoms with Crippen LogP contribution < -0.4 is 16.0 Å². The average molecular weight is 375 g/mol. The molecule has 0 atom stereocenters. The Labute approximate surface area is 158 Å². The SMILES string of the molecule is CCCCNc1nc(N)c2c(n1)N(Cc1ccc(Cl)nc1)C(=O)CCC2. The van der Waals surface area contributed by atoms with Crippen LogP contribution in [0.15, 0.2) is 18.3 Å². The molecule has 0 aliphatic carbocycles. The van der Waals surface area contributed by atoms with Crippen molar-refractivity contribution < 1.29 is 4.79 Å². The van der Waals surface area contributed by atoms with Gasteiger partial charge in [0.15, 0.2) is 0 Å². The Kier molecular flexibility index (Phi) is 5.88. The zero-order valence-electron chi connectivity index (χ0n) is 14.8. The summed E-state index contributed by atoms with van der Waals surface area (Å²) in [5.41, 5.74) is 7.89. The second-order valence-electron chi connectivity index (χ2n) is 6.34. The predicted molar refractivity (Wildman–Crippen MR) is 103 cm³/mol. The Morgan fingerprint density at radius 1 is 1.31 bits per heavy atom. The van der Waals surface area contributed by atoms with Crippen molar-refractivity contribution in [3.05, 3.63) is 34.6 Å². The summed E-state index contributed by atoms with van der Waals surface area (Å²) in [5.74, 6) is 1.51. The Bertz CT molecular complexity index is 780. The summed E-state index contributed by atoms with van der Waals surface area (Å²) in [7, 11) is 0. The number of nitrogens with one attached hydrogen (secondary N) is 1. The number of fused-ring (bicyclic) bond motifs is 1. The molecule has 0 bridgehead atoms. The number of carbonyl (C=O) groups is 1. The van der Waals surface area contributed by atoms with Crippen LogP contribution in [-0.2, 0) is 17.8 Å². The van der Waals surface area contributed by atoms with E-state index in [1.807, 2.05) is 6.07 Å². The fraction of sp³-hybridized carbons (Fsp3) is 0.444. The third kappa shape index (κ3) is 4.22. The molecule has 3 rings (SSSR count). The van der Waals surface area contributed by atoms with Gasteiger partial charge in [0.25, 0.3) is 0 Å². The first-order chi connectivity index (χ1) is 12.6. The molecule has 0 aromatic carbocycles. The molecule has 138 valence electrons. The molecular weight excluding hydrogens is 352 g/mol. The van der Waals surface area contributed by atoms with Gasteiger partial charge in [-0.1, -0.05) is 31.0 Å². The number of hydrogen-bond acceptors (Lipinski definition) is 6. The topological polar surface area (TPSA) is 97.0 Å². The highest BCUT2D eigenvalue weighted by atomic mass is 35.5. The molecule has 0 fully saturated rings. The molecule has 0 saturated carbocycles. The molecule has 2 aromatic heterocycles. The Morgan fingerprint density at radius 3 is 2.88 bits per heavy atom. The van der Waals surface area contributed by atoms with E-state index in [-0.39, 0.29) is 5.91 Å². The number of halogens is 1. The third-order valence-electron chi connectivity index (χ3n) is 4.33. The lowest BCUT2D eigenvalue weighted by Gasteiger charge is -2.23. The monoisotopic (exact) mass is 374 g/mol. The molecular formula is C18H23ClN6O. The molecule has 26 heavy (non-hydrogen) atoms. The fourth-order valence-corrected chi connectivity index (χ4v) is 3.03. The van der Waals surface area contributed by atoms with Crippen molar-refractivity contribution in [1.82, 2.24) is 15.0 Å². The van der Waals surface area contributed by atoms with Gasteiger partial charge < -0.3 is 11.1 Å². The molecule has 8 heteroatoms. The van der Waals surface area contributed by atoms with Crippen LogP contribution in [0.5, 0.6) is 0 Å². The molecule has 7 nitrogen and oxygen atoms in total. The third-order valence-corrected chi connectivity index (χ3v) is 4.56. The number of carbonyl (C=O) groups excluding carboxylic acids is 1. The van der Waals surface area contributed by atoms with Crippen molar-refractivity contribution in [3.63, 3.8) is 0 Å². The lowest BCUT2D eigenvalue weighted by molar-refractivity contribution is -0.118. The van der Waals surface area contributed by atoms with Gasteiger partial charge in [0, 0.05) is 24.7 Å². The summed E-state index contributed by atoms with van der Waals surface area (Å²) in [5, 5.41) is 3.62. The lowest BCUT2D eigenvalue weighted by Crippen LogP contribution is -2.31. The highest BCUT2D eigenvalue weighted by Gasteiger charge is 2.26. The number of unbranched alkanes of at least 4 members (excludes halogenated alkanes) is 1. The van der Waals surface area contributed by atoms with E-state index in [4.69, 9.17) is 17.3 Å². The molecule has 1 aliphatic rings. The molecule has 0 unspecified atom stereocenters. The van der Waals surface area contributed by atoms with Gasteiger partial charge in [0.2, 0.25) is 11.9 Å². The van der Waals surface area contributed by atoms with Crippen LogP contribution in [-0.4, -0.2) is 27.4 Å². The van der Waals surface area contributed by atoms with Gasteiger partial charge in [-0.15, -0.1) is 0 Å². The van der Waals surface area contributed by atoms with Crippen molar-refractivity contribution in [1.29, 1.82) is 0 Å². The Balaban J connectivity index is 1.94. The minimum Gasteiger partial charge on any atom is -0.383 e. The van der Waals surface area contributed by atoms with Crippen molar-refractivity contribution in [2.24, 2.45) is 0 Å². The first-order valence-corrected chi connectivity index (χ1v) is 9.27. The quantitative estimate of drug-likeness (QED) is 0.595. The second-order valence-corrected chi connectivity index (χ2v) is 6.72. The van der Waals surface area contributed by atoms with Gasteiger partial charge in [0.1, 0.15) is 16.8 Å². The van der Waals surface area contributed by atoms with Crippen LogP contribution >= 0.6 is 11.6 Å². The van der Waals surface area contributed by atoms with Gasteiger partial charge in [-0.25, -0.2) is 4.98 Å². The lowest BCUT2D eigenvalue weighted by atomic mass is 10.1. The minimum atomic E-state index is 0.0244. The maximum Gasteiger partial charge on any atom is 0.228 e. The number of nitrogens with two attached hydrogens (primary N) is 1. The molecule has 0 radical (unpaired) electrons. The summed E-state index contributed by atoms with van der Waals surface area (Å²) in [6.07, 6.45) is 5.64. The van der Waals surface area contributed by atoms with E-state index in [0.29, 0.717) is 42.1 Å². The van der Waals surface area contributed by atoms with Gasteiger partial charge in [0.05, 0.1) is 6.54 Å². The van der Waals surface area contributed by atoms with Crippen LogP contribution in [0.4, 0.5) is 17.6 Å². The van der Waals surface area contributed by atoms with Crippen LogP contribution in [0.1, 0.15) is 43.7 Å². The highest BCUT2D eigenvalue weighted by Crippen LogP contribution is 2.31. The average Bonchev–Trinajstić information content (AvgIpc) is 2.77. The van der Waals surface area contributed by atoms with Gasteiger partial charge in [-0.2, -0.15) is 9.97 Å². The highest BCUT2D eigenvalue weighted by molar-refractivity contribution is 6.29. The number of hydrogen-bond donors (Lipinski definition) is 2. The number of nitrogen functional groups attached to an aromatic ring is 1. The Morgan fingerprint density at radius 2 is 2.15 bits per heavy atom. The summed E-state index contributed by atoms with van der Waals surface area (Å²) in [6, 6.07) is 3.57. The van der Waals surface area contributed by atoms with Crippen LogP contribution in [0, 0.1) is 0 Å². The molecule has 3 N–H and O–H groups in total. The van der Waals surface area contributed by atoms with Crippen molar-refractivity contribution in [3.8, 4) is 0 Å². The number of amides is 1. The molecule has 3 heterocycles. The van der Waals surface area contributed by atoms with E-state index in [1.54, 1.807) is 17.2 Å². The van der Waals surface area contributed by atoms with E-state index in [0.717, 1.165) is 36.9 Å². The minimum absolute atomic E-state index is 0.0244. The van der Waals surface area contributed by atoms with Crippen molar-refractivity contribution >= 4 is 35.1 Å². The van der Waals surface area contributed by atoms with Crippen molar-refractivity contribution in [2.45, 2.75) is 45.6 Å².